The van der Waals surface area contributed by atoms with E-state index in [1.165, 1.54) is 7.11 Å². The minimum Gasteiger partial charge on any atom is -0.466 e. The van der Waals surface area contributed by atoms with Gasteiger partial charge in [-0.15, -0.1) is 0 Å². The summed E-state index contributed by atoms with van der Waals surface area (Å²) in [5, 5.41) is 0.507. The van der Waals surface area contributed by atoms with Gasteiger partial charge in [0.1, 0.15) is 10.5 Å². The lowest BCUT2D eigenvalue weighted by Crippen LogP contribution is -2.11. The van der Waals surface area contributed by atoms with Crippen LogP contribution >= 0.6 is 0 Å². The van der Waals surface area contributed by atoms with Crippen LogP contribution in [0.5, 0.6) is 0 Å². The lowest BCUT2D eigenvalue weighted by Gasteiger charge is -1.99. The maximum Gasteiger partial charge on any atom is 0.330 e. The maximum atomic E-state index is 10.6. The summed E-state index contributed by atoms with van der Waals surface area (Å²) in [4.78, 5) is 10.6. The Labute approximate surface area is 59.5 Å². The molecule has 9 heavy (non-hydrogen) atoms. The van der Waals surface area contributed by atoms with Gasteiger partial charge < -0.3 is 8.85 Å². The van der Waals surface area contributed by atoms with Crippen LogP contribution in [0, 0.1) is 0 Å². The van der Waals surface area contributed by atoms with Crippen molar-refractivity contribution in [3.63, 3.8) is 0 Å². The predicted octanol–water partition coefficient (Wildman–Crippen LogP) is -1.95. The highest BCUT2D eigenvalue weighted by molar-refractivity contribution is 6.50. The molecular formula is C4H10O3Si2. The molecule has 0 bridgehead atoms. The van der Waals surface area contributed by atoms with Crippen molar-refractivity contribution in [2.75, 3.05) is 7.11 Å². The van der Waals surface area contributed by atoms with Crippen LogP contribution in [0.3, 0.4) is 0 Å². The van der Waals surface area contributed by atoms with E-state index in [1.54, 1.807) is 0 Å². The fourth-order valence-electron chi connectivity index (χ4n) is 0.377. The molecule has 0 N–H and O–H groups in total. The monoisotopic (exact) mass is 162 g/mol. The number of esters is 1. The van der Waals surface area contributed by atoms with Crippen molar-refractivity contribution in [2.24, 2.45) is 0 Å². The standard InChI is InChI=1S/C4H10O3Si2/c1-3(9-7-8)4(5)6-2/h1,9H2,2,8H3. The molecule has 3 nitrogen and oxygen atoms in total. The molecule has 5 heteroatoms. The summed E-state index contributed by atoms with van der Waals surface area (Å²) in [6.07, 6.45) is 0. The van der Waals surface area contributed by atoms with E-state index in [4.69, 9.17) is 4.12 Å². The second-order valence-electron chi connectivity index (χ2n) is 1.53. The van der Waals surface area contributed by atoms with Gasteiger partial charge in [0.25, 0.3) is 0 Å². The third-order valence-corrected chi connectivity index (χ3v) is 2.58. The summed E-state index contributed by atoms with van der Waals surface area (Å²) in [6, 6.07) is 0. The van der Waals surface area contributed by atoms with E-state index >= 15 is 0 Å². The summed E-state index contributed by atoms with van der Waals surface area (Å²) in [5.41, 5.74) is 0. The van der Waals surface area contributed by atoms with Gasteiger partial charge in [0, 0.05) is 5.20 Å². The van der Waals surface area contributed by atoms with Crippen molar-refractivity contribution < 1.29 is 13.6 Å². The summed E-state index contributed by atoms with van der Waals surface area (Å²) < 4.78 is 9.30. The first-order valence-electron chi connectivity index (χ1n) is 2.47. The number of hydrogen-bond donors (Lipinski definition) is 0. The number of carbonyl (C=O) groups is 1. The third-order valence-electron chi connectivity index (χ3n) is 0.793. The Morgan fingerprint density at radius 2 is 2.33 bits per heavy atom. The SMILES string of the molecule is C=C([SiH2]O[SiH3])C(=O)OC. The van der Waals surface area contributed by atoms with Gasteiger partial charge in [-0.2, -0.15) is 0 Å². The molecule has 0 saturated carbocycles. The van der Waals surface area contributed by atoms with Crippen LogP contribution in [0.1, 0.15) is 0 Å². The van der Waals surface area contributed by atoms with E-state index in [-0.39, 0.29) is 5.97 Å². The van der Waals surface area contributed by atoms with E-state index < -0.39 is 9.76 Å². The second kappa shape index (κ2) is 4.48. The minimum atomic E-state index is -0.820. The first kappa shape index (κ1) is 8.60. The Kier molecular flexibility index (Phi) is 4.28. The van der Waals surface area contributed by atoms with Gasteiger partial charge in [-0.25, -0.2) is 4.79 Å². The van der Waals surface area contributed by atoms with Crippen molar-refractivity contribution >= 4 is 26.2 Å². The molecule has 0 rings (SSSR count). The van der Waals surface area contributed by atoms with Crippen molar-refractivity contribution in [1.29, 1.82) is 0 Å². The average molecular weight is 162 g/mol. The molecule has 52 valence electrons. The van der Waals surface area contributed by atoms with Crippen LogP contribution in [0.15, 0.2) is 11.8 Å². The van der Waals surface area contributed by atoms with Crippen LogP contribution in [0.2, 0.25) is 0 Å². The van der Waals surface area contributed by atoms with Gasteiger partial charge in [0.05, 0.1) is 7.11 Å². The van der Waals surface area contributed by atoms with Crippen LogP contribution in [-0.4, -0.2) is 33.3 Å². The number of carbonyl (C=O) groups excluding carboxylic acids is 1. The molecule has 0 unspecified atom stereocenters. The molecule has 0 aliphatic heterocycles. The molecule has 0 spiro atoms. The molecule has 0 aromatic carbocycles. The quantitative estimate of drug-likeness (QED) is 0.275. The average Bonchev–Trinajstić information content (AvgIpc) is 1.87. The van der Waals surface area contributed by atoms with E-state index in [0.717, 1.165) is 0 Å². The molecule has 0 heterocycles. The molecule has 0 aromatic heterocycles. The first-order chi connectivity index (χ1) is 4.22. The minimum absolute atomic E-state index is 0.336. The van der Waals surface area contributed by atoms with Crippen molar-refractivity contribution in [2.45, 2.75) is 0 Å². The Balaban J connectivity index is 3.60. The van der Waals surface area contributed by atoms with Crippen molar-refractivity contribution in [3.05, 3.63) is 11.8 Å². The molecule has 0 aromatic rings. The largest absolute Gasteiger partial charge is 0.466 e. The molecule has 0 fully saturated rings. The van der Waals surface area contributed by atoms with E-state index in [9.17, 15) is 4.79 Å². The predicted molar refractivity (Wildman–Crippen MR) is 40.7 cm³/mol. The van der Waals surface area contributed by atoms with Crippen molar-refractivity contribution in [1.82, 2.24) is 0 Å². The number of ether oxygens (including phenoxy) is 1. The highest BCUT2D eigenvalue weighted by Gasteiger charge is 2.04. The molecule has 0 aliphatic carbocycles. The van der Waals surface area contributed by atoms with Gasteiger partial charge in [-0.3, -0.25) is 0 Å². The zero-order valence-corrected chi connectivity index (χ0v) is 9.05. The molecule has 0 saturated heterocycles. The van der Waals surface area contributed by atoms with Crippen LogP contribution in [-0.2, 0) is 13.6 Å². The topological polar surface area (TPSA) is 35.5 Å². The molecule has 0 atom stereocenters. The van der Waals surface area contributed by atoms with Gasteiger partial charge >= 0.3 is 5.97 Å². The smallest absolute Gasteiger partial charge is 0.330 e. The Morgan fingerprint density at radius 3 is 2.67 bits per heavy atom. The van der Waals surface area contributed by atoms with Crippen LogP contribution in [0.4, 0.5) is 0 Å². The van der Waals surface area contributed by atoms with Gasteiger partial charge in [0.2, 0.25) is 0 Å². The first-order valence-corrected chi connectivity index (χ1v) is 4.57. The summed E-state index contributed by atoms with van der Waals surface area (Å²) in [7, 11) is 1.20. The normalized spacial score (nSPS) is 10.3. The summed E-state index contributed by atoms with van der Waals surface area (Å²) >= 11 is 0. The second-order valence-corrected chi connectivity index (χ2v) is 4.98. The summed E-state index contributed by atoms with van der Waals surface area (Å²) in [6.45, 7) is 3.50. The molecular weight excluding hydrogens is 152 g/mol. The maximum absolute atomic E-state index is 10.6. The molecule has 0 radical (unpaired) electrons. The van der Waals surface area contributed by atoms with Gasteiger partial charge in [-0.1, -0.05) is 6.58 Å². The Bertz CT molecular complexity index is 123. The third kappa shape index (κ3) is 3.23. The lowest BCUT2D eigenvalue weighted by molar-refractivity contribution is -0.135. The highest BCUT2D eigenvalue weighted by Crippen LogP contribution is 1.89. The van der Waals surface area contributed by atoms with Crippen molar-refractivity contribution in [3.8, 4) is 0 Å². The number of methoxy groups -OCH3 is 1. The fourth-order valence-corrected chi connectivity index (χ4v) is 2.03. The Morgan fingerprint density at radius 1 is 1.78 bits per heavy atom. The van der Waals surface area contributed by atoms with Crippen LogP contribution < -0.4 is 0 Å². The van der Waals surface area contributed by atoms with Crippen LogP contribution in [0.25, 0.3) is 0 Å². The number of hydrogen-bond acceptors (Lipinski definition) is 3. The lowest BCUT2D eigenvalue weighted by atomic mass is 10.6. The zero-order chi connectivity index (χ0) is 7.28. The van der Waals surface area contributed by atoms with Gasteiger partial charge in [-0.05, 0) is 0 Å². The van der Waals surface area contributed by atoms with E-state index in [0.29, 0.717) is 15.7 Å². The van der Waals surface area contributed by atoms with E-state index in [2.05, 4.69) is 11.3 Å². The zero-order valence-electron chi connectivity index (χ0n) is 5.64. The Hall–Kier alpha value is -0.396. The fraction of sp³-hybridized carbons (Fsp3) is 0.250. The van der Waals surface area contributed by atoms with E-state index in [1.807, 2.05) is 0 Å². The summed E-state index contributed by atoms with van der Waals surface area (Å²) in [5.74, 6) is -0.336. The van der Waals surface area contributed by atoms with Gasteiger partial charge in [0.15, 0.2) is 9.76 Å². The molecule has 0 amide bonds. The molecule has 0 aliphatic rings. The highest BCUT2D eigenvalue weighted by atomic mass is 28.3. The number of rotatable bonds is 3.